The van der Waals surface area contributed by atoms with Gasteiger partial charge in [0.05, 0.1) is 17.8 Å². The molecular formula is C19H21Cl2N2O3+. The minimum absolute atomic E-state index is 0.107. The van der Waals surface area contributed by atoms with Gasteiger partial charge in [0.15, 0.2) is 17.5 Å². The number of hydrogen-bond donors (Lipinski definition) is 2. The van der Waals surface area contributed by atoms with Crippen molar-refractivity contribution < 1.29 is 19.2 Å². The van der Waals surface area contributed by atoms with Gasteiger partial charge < -0.3 is 19.7 Å². The lowest BCUT2D eigenvalue weighted by atomic mass is 10.1. The molecule has 0 bridgehead atoms. The Balaban J connectivity index is 1.63. The summed E-state index contributed by atoms with van der Waals surface area (Å²) in [6.45, 7) is 3.69. The van der Waals surface area contributed by atoms with Crippen LogP contribution in [0.25, 0.3) is 0 Å². The van der Waals surface area contributed by atoms with Gasteiger partial charge in [-0.15, -0.1) is 0 Å². The second-order valence-electron chi connectivity index (χ2n) is 6.34. The maximum Gasteiger partial charge on any atom is 0.282 e. The van der Waals surface area contributed by atoms with Gasteiger partial charge in [-0.1, -0.05) is 23.2 Å². The maximum absolute atomic E-state index is 12.5. The molecule has 2 N–H and O–H groups in total. The third-order valence-corrected chi connectivity index (χ3v) is 4.96. The van der Waals surface area contributed by atoms with E-state index in [1.54, 1.807) is 18.2 Å². The van der Waals surface area contributed by atoms with Crippen LogP contribution in [0, 0.1) is 0 Å². The number of likely N-dealkylation sites (N-methyl/N-ethyl adjacent to an activating group) is 1. The van der Waals surface area contributed by atoms with Gasteiger partial charge in [0.25, 0.3) is 5.91 Å². The van der Waals surface area contributed by atoms with E-state index in [-0.39, 0.29) is 11.9 Å². The first-order valence-corrected chi connectivity index (χ1v) is 9.16. The van der Waals surface area contributed by atoms with Gasteiger partial charge >= 0.3 is 0 Å². The summed E-state index contributed by atoms with van der Waals surface area (Å²) in [5.74, 6) is 1.41. The van der Waals surface area contributed by atoms with Gasteiger partial charge in [-0.2, -0.15) is 0 Å². The third-order valence-electron chi connectivity index (χ3n) is 4.41. The molecule has 2 aromatic rings. The average Bonchev–Trinajstić information content (AvgIpc) is 2.63. The molecule has 5 nitrogen and oxygen atoms in total. The Morgan fingerprint density at radius 2 is 1.88 bits per heavy atom. The van der Waals surface area contributed by atoms with E-state index in [4.69, 9.17) is 32.7 Å². The first-order valence-electron chi connectivity index (χ1n) is 8.41. The number of nitrogens with one attached hydrogen (secondary N) is 2. The number of anilines is 1. The molecule has 1 amide bonds. The highest BCUT2D eigenvalue weighted by molar-refractivity contribution is 6.36. The van der Waals surface area contributed by atoms with Crippen LogP contribution in [-0.2, 0) is 11.3 Å². The molecule has 2 aromatic carbocycles. The molecule has 26 heavy (non-hydrogen) atoms. The van der Waals surface area contributed by atoms with Crippen molar-refractivity contribution in [1.82, 2.24) is 0 Å². The van der Waals surface area contributed by atoms with Crippen molar-refractivity contribution in [2.45, 2.75) is 19.5 Å². The molecule has 2 atom stereocenters. The summed E-state index contributed by atoms with van der Waals surface area (Å²) >= 11 is 12.0. The molecule has 0 fully saturated rings. The second kappa shape index (κ2) is 8.16. The van der Waals surface area contributed by atoms with Crippen molar-refractivity contribution in [3.8, 4) is 11.5 Å². The number of quaternary nitrogens is 1. The first kappa shape index (κ1) is 18.8. The zero-order chi connectivity index (χ0) is 18.7. The third kappa shape index (κ3) is 4.41. The zero-order valence-corrected chi connectivity index (χ0v) is 16.2. The molecular weight excluding hydrogens is 375 g/mol. The van der Waals surface area contributed by atoms with Gasteiger partial charge in [0.1, 0.15) is 19.8 Å². The largest absolute Gasteiger partial charge is 0.486 e. The summed E-state index contributed by atoms with van der Waals surface area (Å²) < 4.78 is 11.2. The summed E-state index contributed by atoms with van der Waals surface area (Å²) in [6.07, 6.45) is 0. The fourth-order valence-corrected chi connectivity index (χ4v) is 3.18. The van der Waals surface area contributed by atoms with Crippen molar-refractivity contribution in [3.63, 3.8) is 0 Å². The summed E-state index contributed by atoms with van der Waals surface area (Å²) in [6, 6.07) is 10.6. The van der Waals surface area contributed by atoms with E-state index in [1.165, 1.54) is 0 Å². The number of carbonyl (C=O) groups is 1. The summed E-state index contributed by atoms with van der Waals surface area (Å²) in [5, 5.41) is 3.81. The number of carbonyl (C=O) groups excluding carboxylic acids is 1. The summed E-state index contributed by atoms with van der Waals surface area (Å²) in [5.41, 5.74) is 1.64. The molecule has 0 aromatic heterocycles. The molecule has 0 saturated heterocycles. The van der Waals surface area contributed by atoms with Gasteiger partial charge in [0.2, 0.25) is 0 Å². The molecule has 7 heteroatoms. The molecule has 1 aliphatic heterocycles. The molecule has 1 unspecified atom stereocenters. The molecule has 0 spiro atoms. The molecule has 3 rings (SSSR count). The van der Waals surface area contributed by atoms with Gasteiger partial charge in [-0.25, -0.2) is 0 Å². The Hall–Kier alpha value is -1.95. The molecule has 0 saturated carbocycles. The van der Waals surface area contributed by atoms with E-state index in [2.05, 4.69) is 5.32 Å². The maximum atomic E-state index is 12.5. The Bertz CT molecular complexity index is 813. The Kier molecular flexibility index (Phi) is 5.91. The number of ether oxygens (including phenoxy) is 2. The molecule has 1 heterocycles. The van der Waals surface area contributed by atoms with Crippen LogP contribution in [0.1, 0.15) is 12.5 Å². The lowest BCUT2D eigenvalue weighted by Crippen LogP contribution is -3.12. The smallest absolute Gasteiger partial charge is 0.282 e. The highest BCUT2D eigenvalue weighted by Crippen LogP contribution is 2.30. The van der Waals surface area contributed by atoms with Gasteiger partial charge in [-0.05, 0) is 43.3 Å². The number of fused-ring (bicyclic) bond motifs is 1. The van der Waals surface area contributed by atoms with E-state index in [1.807, 2.05) is 32.2 Å². The van der Waals surface area contributed by atoms with Crippen LogP contribution >= 0.6 is 23.2 Å². The van der Waals surface area contributed by atoms with E-state index in [9.17, 15) is 4.79 Å². The quantitative estimate of drug-likeness (QED) is 0.818. The van der Waals surface area contributed by atoms with Crippen LogP contribution in [0.4, 0.5) is 5.69 Å². The van der Waals surface area contributed by atoms with E-state index in [0.29, 0.717) is 35.5 Å². The summed E-state index contributed by atoms with van der Waals surface area (Å²) in [7, 11) is 1.98. The number of hydrogen-bond acceptors (Lipinski definition) is 3. The van der Waals surface area contributed by atoms with Crippen LogP contribution in [0.2, 0.25) is 10.0 Å². The molecule has 0 aliphatic carbocycles. The fourth-order valence-electron chi connectivity index (χ4n) is 2.73. The van der Waals surface area contributed by atoms with Crippen molar-refractivity contribution in [1.29, 1.82) is 0 Å². The monoisotopic (exact) mass is 395 g/mol. The van der Waals surface area contributed by atoms with Gasteiger partial charge in [-0.3, -0.25) is 4.79 Å². The Morgan fingerprint density at radius 3 is 2.62 bits per heavy atom. The van der Waals surface area contributed by atoms with Crippen LogP contribution in [0.3, 0.4) is 0 Å². The minimum Gasteiger partial charge on any atom is -0.486 e. The Morgan fingerprint density at radius 1 is 1.15 bits per heavy atom. The lowest BCUT2D eigenvalue weighted by molar-refractivity contribution is -0.907. The van der Waals surface area contributed by atoms with Crippen molar-refractivity contribution >= 4 is 34.8 Å². The van der Waals surface area contributed by atoms with E-state index >= 15 is 0 Å². The number of rotatable bonds is 5. The predicted molar refractivity (Wildman–Crippen MR) is 103 cm³/mol. The number of halogens is 2. The van der Waals surface area contributed by atoms with E-state index in [0.717, 1.165) is 22.0 Å². The van der Waals surface area contributed by atoms with Crippen molar-refractivity contribution in [2.75, 3.05) is 25.6 Å². The topological polar surface area (TPSA) is 52.0 Å². The molecule has 0 radical (unpaired) electrons. The predicted octanol–water partition coefficient (Wildman–Crippen LogP) is 2.81. The van der Waals surface area contributed by atoms with Crippen LogP contribution in [0.5, 0.6) is 11.5 Å². The van der Waals surface area contributed by atoms with E-state index < -0.39 is 0 Å². The van der Waals surface area contributed by atoms with Gasteiger partial charge in [0, 0.05) is 10.6 Å². The highest BCUT2D eigenvalue weighted by Gasteiger charge is 2.23. The highest BCUT2D eigenvalue weighted by atomic mass is 35.5. The van der Waals surface area contributed by atoms with Crippen LogP contribution in [0.15, 0.2) is 36.4 Å². The summed E-state index contributed by atoms with van der Waals surface area (Å²) in [4.78, 5) is 13.6. The number of benzene rings is 2. The average molecular weight is 396 g/mol. The standard InChI is InChI=1S/C19H20Cl2N2O3/c1-12(19(24)22-16-5-4-14(20)10-15(16)21)23(2)11-13-3-6-17-18(9-13)26-8-7-25-17/h3-6,9-10,12H,7-8,11H2,1-2H3,(H,22,24)/p+1/t12-/m1/s1. The fraction of sp³-hybridized carbons (Fsp3) is 0.316. The lowest BCUT2D eigenvalue weighted by Gasteiger charge is -2.23. The minimum atomic E-state index is -0.269. The molecule has 138 valence electrons. The first-order chi connectivity index (χ1) is 12.4. The van der Waals surface area contributed by atoms with Crippen LogP contribution in [-0.4, -0.2) is 32.2 Å². The van der Waals surface area contributed by atoms with Crippen molar-refractivity contribution in [3.05, 3.63) is 52.0 Å². The SMILES string of the molecule is C[C@H](C(=O)Nc1ccc(Cl)cc1Cl)[NH+](C)Cc1ccc2c(c1)OCCO2. The second-order valence-corrected chi connectivity index (χ2v) is 7.18. The number of amides is 1. The van der Waals surface area contributed by atoms with Crippen molar-refractivity contribution in [2.24, 2.45) is 0 Å². The van der Waals surface area contributed by atoms with Crippen LogP contribution < -0.4 is 19.7 Å². The normalized spacial score (nSPS) is 15.2. The zero-order valence-electron chi connectivity index (χ0n) is 14.6. The Labute approximate surface area is 162 Å². The molecule has 1 aliphatic rings.